The van der Waals surface area contributed by atoms with E-state index >= 15 is 0 Å². The summed E-state index contributed by atoms with van der Waals surface area (Å²) in [6.45, 7) is 1.46. The molecule has 5 amide bonds. The second kappa shape index (κ2) is 16.0. The summed E-state index contributed by atoms with van der Waals surface area (Å²) in [7, 11) is 0. The van der Waals surface area contributed by atoms with Crippen LogP contribution in [0.5, 0.6) is 5.75 Å². The van der Waals surface area contributed by atoms with E-state index < -0.39 is 72.1 Å². The molecular formula is C25H36N8O8S. The second-order valence-corrected chi connectivity index (χ2v) is 9.94. The van der Waals surface area contributed by atoms with Crippen LogP contribution in [-0.4, -0.2) is 94.2 Å². The highest BCUT2D eigenvalue weighted by atomic mass is 32.1. The molecule has 0 radical (unpaired) electrons. The molecule has 16 nitrogen and oxygen atoms in total. The van der Waals surface area contributed by atoms with Crippen LogP contribution in [0.3, 0.4) is 0 Å². The molecule has 1 aliphatic heterocycles. The van der Waals surface area contributed by atoms with E-state index in [1.165, 1.54) is 31.2 Å². The molecule has 230 valence electrons. The lowest BCUT2D eigenvalue weighted by molar-refractivity contribution is -0.141. The van der Waals surface area contributed by atoms with Gasteiger partial charge < -0.3 is 48.3 Å². The van der Waals surface area contributed by atoms with Gasteiger partial charge in [-0.2, -0.15) is 12.6 Å². The molecule has 1 aliphatic rings. The standard InChI is InChI=1S/C25H36N8O8S/c1-12-20(37)31-17(10-19(35)36)23(40)32-16(9-13-4-6-14(34)7-5-13)22(39)33-18(11-42)24(41)30-15(21(38)29-12)3-2-8-28-25(26)27/h4-7,12,15-18,34,42H,2-3,8-11H2,1H3,(H,29,38)(H,30,41)(H,31,37)(H,32,40)(H,33,39)(H,35,36)(H4,26,27,28)/t12-,15-,16+,17-,18-/m0/s1. The molecule has 1 fully saturated rings. The molecule has 1 aromatic carbocycles. The molecule has 11 N–H and O–H groups in total. The Bertz CT molecular complexity index is 1190. The molecule has 0 unspecified atom stereocenters. The fraction of sp³-hybridized carbons (Fsp3) is 0.480. The number of phenolic OH excluding ortho intramolecular Hbond substituents is 1. The van der Waals surface area contributed by atoms with Crippen LogP contribution in [0.25, 0.3) is 0 Å². The Morgan fingerprint density at radius 3 is 1.95 bits per heavy atom. The van der Waals surface area contributed by atoms with Crippen molar-refractivity contribution in [1.29, 1.82) is 0 Å². The van der Waals surface area contributed by atoms with Crippen molar-refractivity contribution in [2.45, 2.75) is 62.8 Å². The van der Waals surface area contributed by atoms with Crippen molar-refractivity contribution in [2.75, 3.05) is 12.3 Å². The topological polar surface area (TPSA) is 267 Å². The van der Waals surface area contributed by atoms with Crippen molar-refractivity contribution in [3.8, 4) is 5.75 Å². The van der Waals surface area contributed by atoms with Crippen molar-refractivity contribution in [3.05, 3.63) is 29.8 Å². The van der Waals surface area contributed by atoms with Crippen LogP contribution in [0.1, 0.15) is 31.7 Å². The Morgan fingerprint density at radius 1 is 0.833 bits per heavy atom. The Morgan fingerprint density at radius 2 is 1.36 bits per heavy atom. The van der Waals surface area contributed by atoms with Crippen molar-refractivity contribution in [3.63, 3.8) is 0 Å². The van der Waals surface area contributed by atoms with E-state index in [-0.39, 0.29) is 43.3 Å². The number of aromatic hydroxyl groups is 1. The van der Waals surface area contributed by atoms with Gasteiger partial charge in [-0.25, -0.2) is 0 Å². The zero-order valence-electron chi connectivity index (χ0n) is 22.8. The van der Waals surface area contributed by atoms with Crippen LogP contribution in [0.4, 0.5) is 0 Å². The minimum Gasteiger partial charge on any atom is -0.508 e. The van der Waals surface area contributed by atoms with Gasteiger partial charge in [0.15, 0.2) is 5.96 Å². The van der Waals surface area contributed by atoms with Gasteiger partial charge in [-0.3, -0.25) is 33.8 Å². The second-order valence-electron chi connectivity index (χ2n) is 9.57. The molecule has 0 saturated carbocycles. The van der Waals surface area contributed by atoms with Gasteiger partial charge in [0.05, 0.1) is 6.42 Å². The zero-order valence-corrected chi connectivity index (χ0v) is 23.7. The van der Waals surface area contributed by atoms with Crippen LogP contribution < -0.4 is 38.1 Å². The third-order valence-electron chi connectivity index (χ3n) is 6.17. The van der Waals surface area contributed by atoms with E-state index in [1.54, 1.807) is 0 Å². The van der Waals surface area contributed by atoms with Gasteiger partial charge in [-0.15, -0.1) is 0 Å². The number of phenols is 1. The van der Waals surface area contributed by atoms with Crippen LogP contribution in [0, 0.1) is 0 Å². The Hall–Kier alpha value is -4.54. The van der Waals surface area contributed by atoms with Gasteiger partial charge in [0.1, 0.15) is 36.0 Å². The summed E-state index contributed by atoms with van der Waals surface area (Å²) in [5.74, 6) is -5.97. The number of nitrogens with zero attached hydrogens (tertiary/aromatic N) is 1. The van der Waals surface area contributed by atoms with E-state index in [4.69, 9.17) is 11.5 Å². The van der Waals surface area contributed by atoms with E-state index in [2.05, 4.69) is 44.2 Å². The third kappa shape index (κ3) is 10.8. The highest BCUT2D eigenvalue weighted by molar-refractivity contribution is 7.80. The average molecular weight is 609 g/mol. The van der Waals surface area contributed by atoms with Crippen molar-refractivity contribution in [2.24, 2.45) is 16.5 Å². The molecule has 0 aromatic heterocycles. The van der Waals surface area contributed by atoms with Gasteiger partial charge in [0, 0.05) is 18.7 Å². The number of amides is 5. The lowest BCUT2D eigenvalue weighted by Gasteiger charge is -2.25. The number of guanidine groups is 1. The van der Waals surface area contributed by atoms with E-state index in [0.717, 1.165) is 0 Å². The zero-order chi connectivity index (χ0) is 31.4. The molecule has 1 aromatic rings. The van der Waals surface area contributed by atoms with E-state index in [1.807, 2.05) is 0 Å². The van der Waals surface area contributed by atoms with Gasteiger partial charge in [0.2, 0.25) is 29.5 Å². The molecule has 5 atom stereocenters. The Labute approximate surface area is 246 Å². The fourth-order valence-corrected chi connectivity index (χ4v) is 4.18. The van der Waals surface area contributed by atoms with Gasteiger partial charge in [-0.1, -0.05) is 12.1 Å². The number of carbonyl (C=O) groups is 6. The van der Waals surface area contributed by atoms with Gasteiger partial charge >= 0.3 is 5.97 Å². The van der Waals surface area contributed by atoms with E-state index in [0.29, 0.717) is 5.56 Å². The number of carboxylic acids is 1. The number of hydrogen-bond acceptors (Lipinski definition) is 9. The largest absolute Gasteiger partial charge is 0.508 e. The molecule has 1 saturated heterocycles. The van der Waals surface area contributed by atoms with Crippen LogP contribution >= 0.6 is 12.6 Å². The SMILES string of the molecule is C[C@@H]1NC(=O)[C@H](CCCN=C(N)N)NC(=O)[C@H](CS)NC(=O)[C@@H](Cc2ccc(O)cc2)NC(=O)[C@H](CC(=O)O)NC1=O. The fourth-order valence-electron chi connectivity index (χ4n) is 3.92. The number of aliphatic imine (C=N–C) groups is 1. The van der Waals surface area contributed by atoms with E-state index in [9.17, 15) is 39.0 Å². The number of thiol groups is 1. The normalized spacial score (nSPS) is 24.0. The quantitative estimate of drug-likeness (QED) is 0.0582. The number of hydrogen-bond donors (Lipinski definition) is 10. The van der Waals surface area contributed by atoms with Crippen molar-refractivity contribution in [1.82, 2.24) is 26.6 Å². The average Bonchev–Trinajstić information content (AvgIpc) is 2.92. The number of aliphatic carboxylic acids is 1. The number of rotatable bonds is 9. The molecular weight excluding hydrogens is 572 g/mol. The van der Waals surface area contributed by atoms with Crippen LogP contribution in [-0.2, 0) is 35.2 Å². The lowest BCUT2D eigenvalue weighted by atomic mass is 10.0. The summed E-state index contributed by atoms with van der Waals surface area (Å²) < 4.78 is 0. The summed E-state index contributed by atoms with van der Waals surface area (Å²) in [4.78, 5) is 80.9. The number of benzene rings is 1. The monoisotopic (exact) mass is 608 g/mol. The summed E-state index contributed by atoms with van der Waals surface area (Å²) >= 11 is 4.15. The third-order valence-corrected chi connectivity index (χ3v) is 6.53. The predicted molar refractivity (Wildman–Crippen MR) is 153 cm³/mol. The van der Waals surface area contributed by atoms with Gasteiger partial charge in [0.25, 0.3) is 0 Å². The molecule has 0 spiro atoms. The summed E-state index contributed by atoms with van der Waals surface area (Å²) in [6.07, 6.45) is -0.613. The Balaban J connectivity index is 2.44. The predicted octanol–water partition coefficient (Wildman–Crippen LogP) is -3.15. The highest BCUT2D eigenvalue weighted by Crippen LogP contribution is 2.12. The maximum absolute atomic E-state index is 13.3. The number of nitrogens with one attached hydrogen (secondary N) is 5. The summed E-state index contributed by atoms with van der Waals surface area (Å²) in [5.41, 5.74) is 11.2. The first-order chi connectivity index (χ1) is 19.8. The highest BCUT2D eigenvalue weighted by Gasteiger charge is 2.34. The minimum atomic E-state index is -1.61. The minimum absolute atomic E-state index is 0.0320. The number of nitrogens with two attached hydrogens (primary N) is 2. The first-order valence-electron chi connectivity index (χ1n) is 13.0. The van der Waals surface area contributed by atoms with Crippen LogP contribution in [0.15, 0.2) is 29.3 Å². The first kappa shape index (κ1) is 33.7. The molecule has 1 heterocycles. The summed E-state index contributed by atoms with van der Waals surface area (Å²) in [5, 5.41) is 31.2. The van der Waals surface area contributed by atoms with Crippen molar-refractivity contribution < 1.29 is 39.0 Å². The maximum atomic E-state index is 13.3. The first-order valence-corrected chi connectivity index (χ1v) is 13.6. The van der Waals surface area contributed by atoms with Gasteiger partial charge in [-0.05, 0) is 37.5 Å². The molecule has 17 heteroatoms. The Kier molecular flexibility index (Phi) is 12.9. The lowest BCUT2D eigenvalue weighted by Crippen LogP contribution is -2.58. The number of carbonyl (C=O) groups excluding carboxylic acids is 5. The molecule has 0 aliphatic carbocycles. The maximum Gasteiger partial charge on any atom is 0.305 e. The molecule has 2 rings (SSSR count). The number of carboxylic acid groups (broad SMARTS) is 1. The molecule has 0 bridgehead atoms. The smallest absolute Gasteiger partial charge is 0.305 e. The van der Waals surface area contributed by atoms with Crippen molar-refractivity contribution >= 4 is 54.1 Å². The summed E-state index contributed by atoms with van der Waals surface area (Å²) in [6, 6.07) is -0.829. The molecule has 42 heavy (non-hydrogen) atoms. The van der Waals surface area contributed by atoms with Crippen LogP contribution in [0.2, 0.25) is 0 Å².